The van der Waals surface area contributed by atoms with Gasteiger partial charge in [-0.3, -0.25) is 4.79 Å². The number of halogens is 1. The summed E-state index contributed by atoms with van der Waals surface area (Å²) in [7, 11) is 1.83. The summed E-state index contributed by atoms with van der Waals surface area (Å²) < 4.78 is 0. The molecule has 0 radical (unpaired) electrons. The fourth-order valence-electron chi connectivity index (χ4n) is 2.57. The molecule has 0 saturated carbocycles. The van der Waals surface area contributed by atoms with E-state index < -0.39 is 0 Å². The molecule has 2 aromatic carbocycles. The number of carbonyl (C=O) groups is 1. The fourth-order valence-corrected chi connectivity index (χ4v) is 2.96. The van der Waals surface area contributed by atoms with Crippen molar-refractivity contribution in [1.29, 1.82) is 0 Å². The predicted octanol–water partition coefficient (Wildman–Crippen LogP) is 4.42. The van der Waals surface area contributed by atoms with Crippen LogP contribution in [0, 0.1) is 13.8 Å². The quantitative estimate of drug-likeness (QED) is 0.850. The SMILES string of the molecule is Cc1cc(C)c(NCCC(=O)N(C)Cc2ccccc2)c(Cl)c1. The van der Waals surface area contributed by atoms with E-state index in [4.69, 9.17) is 11.6 Å². The number of rotatable bonds is 6. The second-order valence-corrected chi connectivity index (χ2v) is 6.26. The van der Waals surface area contributed by atoms with Crippen LogP contribution in [0.2, 0.25) is 5.02 Å². The largest absolute Gasteiger partial charge is 0.383 e. The van der Waals surface area contributed by atoms with Gasteiger partial charge >= 0.3 is 0 Å². The maximum absolute atomic E-state index is 12.2. The van der Waals surface area contributed by atoms with E-state index in [1.165, 1.54) is 0 Å². The van der Waals surface area contributed by atoms with E-state index in [1.807, 2.05) is 57.3 Å². The van der Waals surface area contributed by atoms with E-state index >= 15 is 0 Å². The van der Waals surface area contributed by atoms with Crippen molar-refractivity contribution in [3.8, 4) is 0 Å². The van der Waals surface area contributed by atoms with Crippen LogP contribution in [0.25, 0.3) is 0 Å². The van der Waals surface area contributed by atoms with Crippen LogP contribution in [0.4, 0.5) is 5.69 Å². The molecule has 0 aromatic heterocycles. The van der Waals surface area contributed by atoms with Crippen LogP contribution < -0.4 is 5.32 Å². The summed E-state index contributed by atoms with van der Waals surface area (Å²) >= 11 is 6.26. The smallest absolute Gasteiger partial charge is 0.224 e. The third kappa shape index (κ3) is 5.00. The van der Waals surface area contributed by atoms with Gasteiger partial charge in [0.1, 0.15) is 0 Å². The Morgan fingerprint density at radius 3 is 2.52 bits per heavy atom. The highest BCUT2D eigenvalue weighted by molar-refractivity contribution is 6.33. The first-order valence-corrected chi connectivity index (χ1v) is 8.13. The predicted molar refractivity (Wildman–Crippen MR) is 96.9 cm³/mol. The van der Waals surface area contributed by atoms with Crippen molar-refractivity contribution in [2.45, 2.75) is 26.8 Å². The van der Waals surface area contributed by atoms with Gasteiger partial charge in [0.15, 0.2) is 0 Å². The van der Waals surface area contributed by atoms with Gasteiger partial charge in [-0.1, -0.05) is 48.0 Å². The van der Waals surface area contributed by atoms with E-state index in [1.54, 1.807) is 4.90 Å². The number of anilines is 1. The molecule has 2 aromatic rings. The molecule has 0 heterocycles. The molecule has 0 aliphatic heterocycles. The Kier molecular flexibility index (Phi) is 6.05. The van der Waals surface area contributed by atoms with Gasteiger partial charge in [-0.25, -0.2) is 0 Å². The van der Waals surface area contributed by atoms with E-state index in [2.05, 4.69) is 11.4 Å². The maximum atomic E-state index is 12.2. The molecular formula is C19H23ClN2O. The van der Waals surface area contributed by atoms with Crippen LogP contribution in [0.3, 0.4) is 0 Å². The number of aryl methyl sites for hydroxylation is 2. The molecule has 0 bridgehead atoms. The zero-order valence-electron chi connectivity index (χ0n) is 13.9. The lowest BCUT2D eigenvalue weighted by atomic mass is 10.1. The van der Waals surface area contributed by atoms with Gasteiger partial charge in [0, 0.05) is 26.6 Å². The minimum absolute atomic E-state index is 0.113. The summed E-state index contributed by atoms with van der Waals surface area (Å²) in [5.41, 5.74) is 4.28. The van der Waals surface area contributed by atoms with Gasteiger partial charge in [0.25, 0.3) is 0 Å². The average Bonchev–Trinajstić information content (AvgIpc) is 2.50. The van der Waals surface area contributed by atoms with Crippen molar-refractivity contribution in [1.82, 2.24) is 4.90 Å². The molecular weight excluding hydrogens is 308 g/mol. The highest BCUT2D eigenvalue weighted by Gasteiger charge is 2.10. The van der Waals surface area contributed by atoms with Crippen molar-refractivity contribution in [2.75, 3.05) is 18.9 Å². The summed E-state index contributed by atoms with van der Waals surface area (Å²) in [5, 5.41) is 3.98. The first-order valence-electron chi connectivity index (χ1n) is 7.76. The molecule has 3 nitrogen and oxygen atoms in total. The maximum Gasteiger partial charge on any atom is 0.224 e. The summed E-state index contributed by atoms with van der Waals surface area (Å²) in [6, 6.07) is 14.0. The van der Waals surface area contributed by atoms with Gasteiger partial charge in [0.2, 0.25) is 5.91 Å². The van der Waals surface area contributed by atoms with E-state index in [-0.39, 0.29) is 5.91 Å². The standard InChI is InChI=1S/C19H23ClN2O/c1-14-11-15(2)19(17(20)12-14)21-10-9-18(23)22(3)13-16-7-5-4-6-8-16/h4-8,11-12,21H,9-10,13H2,1-3H3. The number of hydrogen-bond donors (Lipinski definition) is 1. The zero-order valence-corrected chi connectivity index (χ0v) is 14.7. The molecule has 0 aliphatic rings. The summed E-state index contributed by atoms with van der Waals surface area (Å²) in [6.45, 7) is 5.24. The highest BCUT2D eigenvalue weighted by atomic mass is 35.5. The Hall–Kier alpha value is -2.00. The minimum atomic E-state index is 0.113. The number of amides is 1. The number of benzene rings is 2. The molecule has 0 atom stereocenters. The van der Waals surface area contributed by atoms with Crippen LogP contribution in [-0.4, -0.2) is 24.4 Å². The highest BCUT2D eigenvalue weighted by Crippen LogP contribution is 2.27. The molecule has 0 aliphatic carbocycles. The van der Waals surface area contributed by atoms with Crippen LogP contribution in [-0.2, 0) is 11.3 Å². The number of hydrogen-bond acceptors (Lipinski definition) is 2. The Morgan fingerprint density at radius 1 is 1.17 bits per heavy atom. The molecule has 0 spiro atoms. The Morgan fingerprint density at radius 2 is 1.87 bits per heavy atom. The topological polar surface area (TPSA) is 32.3 Å². The molecule has 0 saturated heterocycles. The van der Waals surface area contributed by atoms with E-state index in [9.17, 15) is 4.79 Å². The van der Waals surface area contributed by atoms with Crippen LogP contribution in [0.15, 0.2) is 42.5 Å². The Balaban J connectivity index is 1.85. The second kappa shape index (κ2) is 8.02. The van der Waals surface area contributed by atoms with Gasteiger partial charge in [-0.05, 0) is 36.6 Å². The summed E-state index contributed by atoms with van der Waals surface area (Å²) in [6.07, 6.45) is 0.437. The van der Waals surface area contributed by atoms with Gasteiger partial charge in [0.05, 0.1) is 10.7 Å². The Labute approximate surface area is 143 Å². The molecule has 122 valence electrons. The van der Waals surface area contributed by atoms with Crippen molar-refractivity contribution in [3.05, 3.63) is 64.2 Å². The van der Waals surface area contributed by atoms with Crippen molar-refractivity contribution in [3.63, 3.8) is 0 Å². The third-order valence-electron chi connectivity index (χ3n) is 3.76. The zero-order chi connectivity index (χ0) is 16.8. The van der Waals surface area contributed by atoms with Crippen molar-refractivity contribution < 1.29 is 4.79 Å². The van der Waals surface area contributed by atoms with Crippen molar-refractivity contribution in [2.24, 2.45) is 0 Å². The molecule has 0 unspecified atom stereocenters. The van der Waals surface area contributed by atoms with Crippen LogP contribution in [0.1, 0.15) is 23.1 Å². The average molecular weight is 331 g/mol. The van der Waals surface area contributed by atoms with E-state index in [0.29, 0.717) is 24.5 Å². The molecule has 1 N–H and O–H groups in total. The molecule has 0 fully saturated rings. The number of carbonyl (C=O) groups excluding carboxylic acids is 1. The first kappa shape index (κ1) is 17.4. The van der Waals surface area contributed by atoms with Crippen LogP contribution >= 0.6 is 11.6 Å². The molecule has 4 heteroatoms. The Bertz CT molecular complexity index is 647. The molecule has 2 rings (SSSR count). The lowest BCUT2D eigenvalue weighted by Crippen LogP contribution is -2.27. The normalized spacial score (nSPS) is 10.4. The van der Waals surface area contributed by atoms with Gasteiger partial charge in [-0.15, -0.1) is 0 Å². The molecule has 23 heavy (non-hydrogen) atoms. The lowest BCUT2D eigenvalue weighted by Gasteiger charge is -2.18. The molecule has 1 amide bonds. The first-order chi connectivity index (χ1) is 11.0. The number of nitrogens with one attached hydrogen (secondary N) is 1. The monoisotopic (exact) mass is 330 g/mol. The minimum Gasteiger partial charge on any atom is -0.383 e. The van der Waals surface area contributed by atoms with Crippen LogP contribution in [0.5, 0.6) is 0 Å². The van der Waals surface area contributed by atoms with Crippen molar-refractivity contribution >= 4 is 23.2 Å². The van der Waals surface area contributed by atoms with Gasteiger partial charge in [-0.2, -0.15) is 0 Å². The second-order valence-electron chi connectivity index (χ2n) is 5.85. The van der Waals surface area contributed by atoms with E-state index in [0.717, 1.165) is 22.4 Å². The summed E-state index contributed by atoms with van der Waals surface area (Å²) in [4.78, 5) is 14.0. The lowest BCUT2D eigenvalue weighted by molar-refractivity contribution is -0.130. The number of nitrogens with zero attached hydrogens (tertiary/aromatic N) is 1. The summed E-state index contributed by atoms with van der Waals surface area (Å²) in [5.74, 6) is 0.113. The fraction of sp³-hybridized carbons (Fsp3) is 0.316. The third-order valence-corrected chi connectivity index (χ3v) is 4.06. The van der Waals surface area contributed by atoms with Gasteiger partial charge < -0.3 is 10.2 Å².